The van der Waals surface area contributed by atoms with Crippen LogP contribution < -0.4 is 5.32 Å². The fraction of sp³-hybridized carbons (Fsp3) is 0.227. The molecule has 150 valence electrons. The van der Waals surface area contributed by atoms with E-state index in [1.165, 1.54) is 10.5 Å². The molecule has 0 bridgehead atoms. The van der Waals surface area contributed by atoms with Gasteiger partial charge in [-0.25, -0.2) is 4.68 Å². The number of nitrogens with one attached hydrogen (secondary N) is 1. The molecule has 0 spiro atoms. The average Bonchev–Trinajstić information content (AvgIpc) is 3.34. The van der Waals surface area contributed by atoms with Gasteiger partial charge in [0.25, 0.3) is 5.91 Å². The van der Waals surface area contributed by atoms with Gasteiger partial charge in [-0.05, 0) is 31.0 Å². The molecule has 1 atom stereocenters. The molecule has 2 aliphatic rings. The van der Waals surface area contributed by atoms with Gasteiger partial charge in [-0.3, -0.25) is 19.7 Å². The van der Waals surface area contributed by atoms with Gasteiger partial charge in [0.15, 0.2) is 0 Å². The molecule has 1 unspecified atom stereocenters. The van der Waals surface area contributed by atoms with Crippen molar-refractivity contribution in [1.82, 2.24) is 25.2 Å². The van der Waals surface area contributed by atoms with Gasteiger partial charge in [0.1, 0.15) is 11.7 Å². The zero-order valence-electron chi connectivity index (χ0n) is 16.3. The third-order valence-electron chi connectivity index (χ3n) is 5.62. The number of rotatable bonds is 3. The zero-order valence-corrected chi connectivity index (χ0v) is 16.3. The van der Waals surface area contributed by atoms with E-state index in [9.17, 15) is 14.4 Å². The summed E-state index contributed by atoms with van der Waals surface area (Å²) in [6.45, 7) is 2.38. The lowest BCUT2D eigenvalue weighted by Crippen LogP contribution is -2.52. The summed E-state index contributed by atoms with van der Waals surface area (Å²) < 4.78 is 1.64. The lowest BCUT2D eigenvalue weighted by Gasteiger charge is -2.29. The number of piperidine rings is 1. The van der Waals surface area contributed by atoms with Gasteiger partial charge in [-0.2, -0.15) is 0 Å². The second-order valence-corrected chi connectivity index (χ2v) is 7.66. The fourth-order valence-corrected chi connectivity index (χ4v) is 3.93. The SMILES string of the molecule is Cc1ccc(-c2cn(-c3ccc4c(c3)C(=O)N(C3CCC(=O)NC3=O)C4)nn2)cc1. The van der Waals surface area contributed by atoms with E-state index >= 15 is 0 Å². The highest BCUT2D eigenvalue weighted by molar-refractivity contribution is 6.05. The molecule has 1 fully saturated rings. The Morgan fingerprint density at radius 2 is 1.87 bits per heavy atom. The van der Waals surface area contributed by atoms with Gasteiger partial charge in [-0.1, -0.05) is 41.1 Å². The Balaban J connectivity index is 1.41. The summed E-state index contributed by atoms with van der Waals surface area (Å²) in [6, 6.07) is 12.9. The number of hydrogen-bond donors (Lipinski definition) is 1. The molecule has 3 amide bonds. The third-order valence-corrected chi connectivity index (χ3v) is 5.62. The Bertz CT molecular complexity index is 1180. The Hall–Kier alpha value is -3.81. The van der Waals surface area contributed by atoms with Crippen molar-refractivity contribution >= 4 is 17.7 Å². The van der Waals surface area contributed by atoms with Crippen LogP contribution in [0.25, 0.3) is 16.9 Å². The van der Waals surface area contributed by atoms with E-state index in [4.69, 9.17) is 0 Å². The molecule has 2 aliphatic heterocycles. The Labute approximate surface area is 172 Å². The van der Waals surface area contributed by atoms with Crippen molar-refractivity contribution in [3.63, 3.8) is 0 Å². The third kappa shape index (κ3) is 3.06. The minimum absolute atomic E-state index is 0.208. The fourth-order valence-electron chi connectivity index (χ4n) is 3.93. The molecule has 3 aromatic rings. The van der Waals surface area contributed by atoms with Crippen LogP contribution in [0.2, 0.25) is 0 Å². The normalized spacial score (nSPS) is 18.5. The van der Waals surface area contributed by atoms with Crippen LogP contribution in [-0.4, -0.2) is 43.7 Å². The van der Waals surface area contributed by atoms with Crippen molar-refractivity contribution in [3.05, 3.63) is 65.4 Å². The van der Waals surface area contributed by atoms with Crippen LogP contribution >= 0.6 is 0 Å². The molecule has 1 aromatic heterocycles. The molecule has 0 aliphatic carbocycles. The van der Waals surface area contributed by atoms with Crippen LogP contribution in [0.3, 0.4) is 0 Å². The van der Waals surface area contributed by atoms with E-state index in [2.05, 4.69) is 15.6 Å². The number of aromatic nitrogens is 3. The molecule has 0 saturated carbocycles. The first-order valence-corrected chi connectivity index (χ1v) is 9.77. The standard InChI is InChI=1S/C22H19N5O3/c1-13-2-4-14(5-3-13)18-12-27(25-24-18)16-7-6-15-11-26(22(30)17(15)10-16)19-8-9-20(28)23-21(19)29/h2-7,10,12,19H,8-9,11H2,1H3,(H,23,28,29). The maximum atomic E-state index is 13.0. The van der Waals surface area contributed by atoms with E-state index < -0.39 is 11.9 Å². The van der Waals surface area contributed by atoms with Crippen LogP contribution in [0.15, 0.2) is 48.7 Å². The van der Waals surface area contributed by atoms with Crippen LogP contribution in [0, 0.1) is 6.92 Å². The number of aryl methyl sites for hydroxylation is 1. The molecule has 30 heavy (non-hydrogen) atoms. The number of hydrogen-bond acceptors (Lipinski definition) is 5. The van der Waals surface area contributed by atoms with Gasteiger partial charge in [0.2, 0.25) is 11.8 Å². The molecule has 8 nitrogen and oxygen atoms in total. The van der Waals surface area contributed by atoms with E-state index in [0.29, 0.717) is 18.5 Å². The Morgan fingerprint density at radius 3 is 2.63 bits per heavy atom. The first kappa shape index (κ1) is 18.2. The summed E-state index contributed by atoms with van der Waals surface area (Å²) in [5, 5.41) is 10.8. The number of benzene rings is 2. The van der Waals surface area contributed by atoms with Gasteiger partial charge in [0, 0.05) is 24.1 Å². The van der Waals surface area contributed by atoms with Crippen LogP contribution in [0.5, 0.6) is 0 Å². The number of carbonyl (C=O) groups is 3. The lowest BCUT2D eigenvalue weighted by molar-refractivity contribution is -0.136. The predicted molar refractivity (Wildman–Crippen MR) is 108 cm³/mol. The highest BCUT2D eigenvalue weighted by atomic mass is 16.2. The number of carbonyl (C=O) groups excluding carboxylic acids is 3. The minimum Gasteiger partial charge on any atom is -0.322 e. The molecule has 5 rings (SSSR count). The van der Waals surface area contributed by atoms with Gasteiger partial charge in [0.05, 0.1) is 11.9 Å². The predicted octanol–water partition coefficient (Wildman–Crippen LogP) is 2.00. The quantitative estimate of drug-likeness (QED) is 0.677. The molecular formula is C22H19N5O3. The molecule has 0 radical (unpaired) electrons. The van der Waals surface area contributed by atoms with E-state index in [-0.39, 0.29) is 18.2 Å². The summed E-state index contributed by atoms with van der Waals surface area (Å²) in [5.41, 5.74) is 5.00. The summed E-state index contributed by atoms with van der Waals surface area (Å²) in [6.07, 6.45) is 2.41. The van der Waals surface area contributed by atoms with Crippen LogP contribution in [-0.2, 0) is 16.1 Å². The van der Waals surface area contributed by atoms with Gasteiger partial charge < -0.3 is 4.90 Å². The maximum absolute atomic E-state index is 13.0. The lowest BCUT2D eigenvalue weighted by atomic mass is 10.0. The van der Waals surface area contributed by atoms with Crippen molar-refractivity contribution in [2.45, 2.75) is 32.4 Å². The largest absolute Gasteiger partial charge is 0.322 e. The monoisotopic (exact) mass is 401 g/mol. The van der Waals surface area contributed by atoms with Gasteiger partial charge >= 0.3 is 0 Å². The van der Waals surface area contributed by atoms with E-state index in [1.807, 2.05) is 49.5 Å². The number of imide groups is 1. The summed E-state index contributed by atoms with van der Waals surface area (Å²) in [7, 11) is 0. The minimum atomic E-state index is -0.620. The number of nitrogens with zero attached hydrogens (tertiary/aromatic N) is 4. The van der Waals surface area contributed by atoms with Crippen molar-refractivity contribution in [2.24, 2.45) is 0 Å². The topological polar surface area (TPSA) is 97.2 Å². The summed E-state index contributed by atoms with van der Waals surface area (Å²) in [5.74, 6) is -0.912. The van der Waals surface area contributed by atoms with E-state index in [0.717, 1.165) is 22.5 Å². The molecule has 8 heteroatoms. The van der Waals surface area contributed by atoms with Crippen molar-refractivity contribution in [2.75, 3.05) is 0 Å². The number of amides is 3. The first-order valence-electron chi connectivity index (χ1n) is 9.77. The highest BCUT2D eigenvalue weighted by Gasteiger charge is 2.39. The highest BCUT2D eigenvalue weighted by Crippen LogP contribution is 2.29. The maximum Gasteiger partial charge on any atom is 0.255 e. The summed E-state index contributed by atoms with van der Waals surface area (Å²) in [4.78, 5) is 38.1. The van der Waals surface area contributed by atoms with Crippen molar-refractivity contribution < 1.29 is 14.4 Å². The molecule has 3 heterocycles. The van der Waals surface area contributed by atoms with Crippen LogP contribution in [0.4, 0.5) is 0 Å². The van der Waals surface area contributed by atoms with Crippen LogP contribution in [0.1, 0.15) is 34.3 Å². The van der Waals surface area contributed by atoms with E-state index in [1.54, 1.807) is 10.7 Å². The summed E-state index contributed by atoms with van der Waals surface area (Å²) >= 11 is 0. The van der Waals surface area contributed by atoms with Crippen molar-refractivity contribution in [1.29, 1.82) is 0 Å². The first-order chi connectivity index (χ1) is 14.5. The van der Waals surface area contributed by atoms with Gasteiger partial charge in [-0.15, -0.1) is 5.10 Å². The Kier molecular flexibility index (Phi) is 4.20. The molecule has 1 N–H and O–H groups in total. The smallest absolute Gasteiger partial charge is 0.255 e. The number of fused-ring (bicyclic) bond motifs is 1. The second kappa shape index (κ2) is 6.91. The second-order valence-electron chi connectivity index (χ2n) is 7.66. The molecule has 2 aromatic carbocycles. The molecule has 1 saturated heterocycles. The Morgan fingerprint density at radius 1 is 1.07 bits per heavy atom. The average molecular weight is 401 g/mol. The molecular weight excluding hydrogens is 382 g/mol. The zero-order chi connectivity index (χ0) is 20.8. The van der Waals surface area contributed by atoms with Crippen molar-refractivity contribution in [3.8, 4) is 16.9 Å².